The van der Waals surface area contributed by atoms with Crippen molar-refractivity contribution in [1.82, 2.24) is 15.6 Å². The lowest BCUT2D eigenvalue weighted by Crippen LogP contribution is -2.48. The van der Waals surface area contributed by atoms with Crippen LogP contribution in [0.15, 0.2) is 36.7 Å². The highest BCUT2D eigenvalue weighted by atomic mass is 35.5. The summed E-state index contributed by atoms with van der Waals surface area (Å²) in [6.07, 6.45) is 3.54. The van der Waals surface area contributed by atoms with E-state index in [1.54, 1.807) is 12.4 Å². The van der Waals surface area contributed by atoms with Gasteiger partial charge in [0.25, 0.3) is 5.91 Å². The first-order chi connectivity index (χ1) is 11.6. The maximum Gasteiger partial charge on any atom is 0.251 e. The molecule has 1 aromatic carbocycles. The lowest BCUT2D eigenvalue weighted by atomic mass is 10.0. The van der Waals surface area contributed by atoms with Crippen LogP contribution in [0, 0.1) is 19.8 Å². The number of rotatable bonds is 6. The number of carbonyl (C=O) groups is 1. The predicted molar refractivity (Wildman–Crippen MR) is 108 cm³/mol. The predicted octanol–water partition coefficient (Wildman–Crippen LogP) is 3.07. The van der Waals surface area contributed by atoms with Crippen LogP contribution < -0.4 is 15.4 Å². The van der Waals surface area contributed by atoms with Crippen LogP contribution in [0.2, 0.25) is 0 Å². The van der Waals surface area contributed by atoms with Gasteiger partial charge in [0.1, 0.15) is 12.4 Å². The lowest BCUT2D eigenvalue weighted by molar-refractivity contribution is 0.0942. The first-order valence-electron chi connectivity index (χ1n) is 8.25. The molecule has 1 aliphatic heterocycles. The van der Waals surface area contributed by atoms with Crippen LogP contribution in [0.25, 0.3) is 0 Å². The number of benzene rings is 1. The highest BCUT2D eigenvalue weighted by Gasteiger charge is 2.18. The fourth-order valence-corrected chi connectivity index (χ4v) is 2.78. The van der Waals surface area contributed by atoms with Crippen molar-refractivity contribution in [3.05, 3.63) is 58.9 Å². The molecule has 2 aromatic rings. The molecule has 2 heterocycles. The van der Waals surface area contributed by atoms with E-state index < -0.39 is 0 Å². The van der Waals surface area contributed by atoms with E-state index in [0.717, 1.165) is 42.1 Å². The summed E-state index contributed by atoms with van der Waals surface area (Å²) in [7, 11) is 0. The van der Waals surface area contributed by atoms with Crippen LogP contribution in [-0.2, 0) is 6.61 Å². The van der Waals surface area contributed by atoms with E-state index in [-0.39, 0.29) is 30.7 Å². The minimum atomic E-state index is -0.0214. The molecule has 5 nitrogen and oxygen atoms in total. The molecule has 0 spiro atoms. The molecule has 1 aliphatic rings. The number of pyridine rings is 1. The summed E-state index contributed by atoms with van der Waals surface area (Å²) >= 11 is 0. The molecule has 2 N–H and O–H groups in total. The maximum atomic E-state index is 12.3. The summed E-state index contributed by atoms with van der Waals surface area (Å²) in [6.45, 7) is 7.11. The van der Waals surface area contributed by atoms with Crippen LogP contribution in [0.5, 0.6) is 5.75 Å². The number of hydrogen-bond acceptors (Lipinski definition) is 4. The Kier molecular flexibility index (Phi) is 8.85. The van der Waals surface area contributed by atoms with E-state index in [0.29, 0.717) is 18.1 Å². The van der Waals surface area contributed by atoms with Gasteiger partial charge >= 0.3 is 0 Å². The Morgan fingerprint density at radius 1 is 1.27 bits per heavy atom. The second-order valence-electron chi connectivity index (χ2n) is 6.32. The van der Waals surface area contributed by atoms with E-state index in [9.17, 15) is 4.79 Å². The van der Waals surface area contributed by atoms with Gasteiger partial charge in [0, 0.05) is 49.1 Å². The Labute approximate surface area is 166 Å². The Morgan fingerprint density at radius 2 is 1.96 bits per heavy atom. The van der Waals surface area contributed by atoms with Gasteiger partial charge in [0.05, 0.1) is 0 Å². The average molecular weight is 398 g/mol. The van der Waals surface area contributed by atoms with Crippen molar-refractivity contribution in [3.8, 4) is 5.75 Å². The van der Waals surface area contributed by atoms with Crippen LogP contribution in [-0.4, -0.2) is 30.5 Å². The Hall–Kier alpha value is -1.82. The summed E-state index contributed by atoms with van der Waals surface area (Å²) in [5, 5.41) is 6.21. The summed E-state index contributed by atoms with van der Waals surface area (Å²) in [5.41, 5.74) is 3.64. The SMILES string of the molecule is Cc1cc(C(=O)NCC2CNC2)cc(C)c1OCc1cccnc1.Cl.Cl. The van der Waals surface area contributed by atoms with E-state index >= 15 is 0 Å². The van der Waals surface area contributed by atoms with Gasteiger partial charge in [0.15, 0.2) is 0 Å². The molecule has 0 bridgehead atoms. The quantitative estimate of drug-likeness (QED) is 0.785. The van der Waals surface area contributed by atoms with Gasteiger partial charge in [-0.15, -0.1) is 24.8 Å². The number of nitrogens with one attached hydrogen (secondary N) is 2. The van der Waals surface area contributed by atoms with E-state index in [1.165, 1.54) is 0 Å². The molecule has 3 rings (SSSR count). The zero-order chi connectivity index (χ0) is 16.9. The highest BCUT2D eigenvalue weighted by Crippen LogP contribution is 2.25. The Balaban J connectivity index is 0.00000169. The first kappa shape index (κ1) is 22.2. The molecule has 1 aromatic heterocycles. The zero-order valence-electron chi connectivity index (χ0n) is 15.0. The molecule has 7 heteroatoms. The fourth-order valence-electron chi connectivity index (χ4n) is 2.78. The molecule has 1 amide bonds. The van der Waals surface area contributed by atoms with Gasteiger partial charge in [-0.05, 0) is 43.2 Å². The molecule has 142 valence electrons. The second-order valence-corrected chi connectivity index (χ2v) is 6.32. The normalized spacial score (nSPS) is 13.0. The number of ether oxygens (including phenoxy) is 1. The Bertz CT molecular complexity index is 699. The summed E-state index contributed by atoms with van der Waals surface area (Å²) in [6, 6.07) is 7.65. The number of aromatic nitrogens is 1. The van der Waals surface area contributed by atoms with Crippen molar-refractivity contribution in [2.24, 2.45) is 5.92 Å². The minimum Gasteiger partial charge on any atom is -0.488 e. The van der Waals surface area contributed by atoms with E-state index in [4.69, 9.17) is 4.74 Å². The van der Waals surface area contributed by atoms with Crippen molar-refractivity contribution in [2.45, 2.75) is 20.5 Å². The number of amides is 1. The largest absolute Gasteiger partial charge is 0.488 e. The minimum absolute atomic E-state index is 0. The number of halogens is 2. The zero-order valence-corrected chi connectivity index (χ0v) is 16.6. The van der Waals surface area contributed by atoms with Gasteiger partial charge in [-0.3, -0.25) is 9.78 Å². The second kappa shape index (κ2) is 10.4. The molecule has 0 atom stereocenters. The standard InChI is InChI=1S/C19H23N3O2.2ClH/c1-13-6-17(19(23)22-11-16-9-21-10-16)7-14(2)18(13)24-12-15-4-3-5-20-8-15;;/h3-8,16,21H,9-12H2,1-2H3,(H,22,23);2*1H. The van der Waals surface area contributed by atoms with Gasteiger partial charge in [0.2, 0.25) is 0 Å². The van der Waals surface area contributed by atoms with E-state index in [1.807, 2.05) is 38.1 Å². The molecule has 0 saturated carbocycles. The van der Waals surface area contributed by atoms with Gasteiger partial charge in [-0.25, -0.2) is 0 Å². The fraction of sp³-hybridized carbons (Fsp3) is 0.368. The van der Waals surface area contributed by atoms with Crippen molar-refractivity contribution < 1.29 is 9.53 Å². The van der Waals surface area contributed by atoms with Crippen molar-refractivity contribution in [3.63, 3.8) is 0 Å². The Morgan fingerprint density at radius 3 is 2.50 bits per heavy atom. The molecule has 0 radical (unpaired) electrons. The molecular formula is C19H25Cl2N3O2. The summed E-state index contributed by atoms with van der Waals surface area (Å²) in [4.78, 5) is 16.4. The average Bonchev–Trinajstić information content (AvgIpc) is 2.53. The number of carbonyl (C=O) groups excluding carboxylic acids is 1. The van der Waals surface area contributed by atoms with Crippen LogP contribution in [0.4, 0.5) is 0 Å². The number of aryl methyl sites for hydroxylation is 2. The molecule has 1 saturated heterocycles. The third kappa shape index (κ3) is 5.59. The molecule has 1 fully saturated rings. The smallest absolute Gasteiger partial charge is 0.251 e. The molecule has 0 unspecified atom stereocenters. The van der Waals surface area contributed by atoms with Crippen molar-refractivity contribution in [1.29, 1.82) is 0 Å². The van der Waals surface area contributed by atoms with Gasteiger partial charge in [-0.1, -0.05) is 6.07 Å². The number of nitrogens with zero attached hydrogens (tertiary/aromatic N) is 1. The molecule has 26 heavy (non-hydrogen) atoms. The van der Waals surface area contributed by atoms with Gasteiger partial charge in [-0.2, -0.15) is 0 Å². The summed E-state index contributed by atoms with van der Waals surface area (Å²) < 4.78 is 5.93. The molecular weight excluding hydrogens is 373 g/mol. The topological polar surface area (TPSA) is 63.2 Å². The maximum absolute atomic E-state index is 12.3. The van der Waals surface area contributed by atoms with Gasteiger partial charge < -0.3 is 15.4 Å². The molecule has 0 aliphatic carbocycles. The monoisotopic (exact) mass is 397 g/mol. The number of hydrogen-bond donors (Lipinski definition) is 2. The van der Waals surface area contributed by atoms with E-state index in [2.05, 4.69) is 15.6 Å². The third-order valence-electron chi connectivity index (χ3n) is 4.25. The highest BCUT2D eigenvalue weighted by molar-refractivity contribution is 5.94. The van der Waals surface area contributed by atoms with Crippen LogP contribution in [0.3, 0.4) is 0 Å². The van der Waals surface area contributed by atoms with Crippen LogP contribution in [0.1, 0.15) is 27.0 Å². The van der Waals surface area contributed by atoms with Crippen LogP contribution >= 0.6 is 24.8 Å². The van der Waals surface area contributed by atoms with Crippen molar-refractivity contribution in [2.75, 3.05) is 19.6 Å². The summed E-state index contributed by atoms with van der Waals surface area (Å²) in [5.74, 6) is 1.36. The first-order valence-corrected chi connectivity index (χ1v) is 8.25. The third-order valence-corrected chi connectivity index (χ3v) is 4.25. The lowest BCUT2D eigenvalue weighted by Gasteiger charge is -2.27. The van der Waals surface area contributed by atoms with Crippen molar-refractivity contribution >= 4 is 30.7 Å².